The van der Waals surface area contributed by atoms with Gasteiger partial charge in [0, 0.05) is 21.2 Å². The monoisotopic (exact) mass is 644 g/mol. The van der Waals surface area contributed by atoms with Crippen LogP contribution in [0.2, 0.25) is 10.0 Å². The number of halogens is 2. The Bertz CT molecular complexity index is 2130. The fraction of sp³-hybridized carbons (Fsp3) is 0.147. The fourth-order valence-electron chi connectivity index (χ4n) is 5.33. The van der Waals surface area contributed by atoms with Crippen molar-refractivity contribution < 1.29 is 19.0 Å². The van der Waals surface area contributed by atoms with Gasteiger partial charge in [-0.2, -0.15) is 0 Å². The number of ether oxygens (including phenoxy) is 3. The van der Waals surface area contributed by atoms with Gasteiger partial charge in [-0.3, -0.25) is 9.36 Å². The Balaban J connectivity index is 1.56. The molecule has 1 atom stereocenters. The predicted molar refractivity (Wildman–Crippen MR) is 174 cm³/mol. The van der Waals surface area contributed by atoms with Gasteiger partial charge in [0.1, 0.15) is 24.1 Å². The molecule has 1 aliphatic rings. The Morgan fingerprint density at radius 2 is 1.70 bits per heavy atom. The minimum absolute atomic E-state index is 0.226. The summed E-state index contributed by atoms with van der Waals surface area (Å²) in [6.07, 6.45) is 1.83. The molecule has 0 N–H and O–H groups in total. The highest BCUT2D eigenvalue weighted by Gasteiger charge is 2.35. The lowest BCUT2D eigenvalue weighted by Crippen LogP contribution is -2.40. The van der Waals surface area contributed by atoms with Crippen LogP contribution in [0.25, 0.3) is 16.8 Å². The molecule has 7 nitrogen and oxygen atoms in total. The molecule has 6 rings (SSSR count). The molecule has 44 heavy (non-hydrogen) atoms. The molecule has 0 saturated heterocycles. The lowest BCUT2D eigenvalue weighted by atomic mass is 9.95. The number of methoxy groups -OCH3 is 2. The van der Waals surface area contributed by atoms with Gasteiger partial charge in [0.15, 0.2) is 4.80 Å². The summed E-state index contributed by atoms with van der Waals surface area (Å²) < 4.78 is 19.0. The molecule has 1 aromatic heterocycles. The number of carbonyl (C=O) groups excluding carboxylic acids is 1. The predicted octanol–water partition coefficient (Wildman–Crippen LogP) is 6.46. The number of hydrogen-bond donors (Lipinski definition) is 0. The molecular formula is C34H26Cl2N2O5S. The van der Waals surface area contributed by atoms with Gasteiger partial charge < -0.3 is 14.2 Å². The van der Waals surface area contributed by atoms with E-state index in [2.05, 4.69) is 4.99 Å². The van der Waals surface area contributed by atoms with Crippen LogP contribution < -0.4 is 24.4 Å². The number of rotatable bonds is 7. The van der Waals surface area contributed by atoms with Gasteiger partial charge in [0.25, 0.3) is 5.56 Å². The molecule has 0 spiro atoms. The van der Waals surface area contributed by atoms with Gasteiger partial charge >= 0.3 is 5.97 Å². The number of fused-ring (bicyclic) bond motifs is 2. The first kappa shape index (κ1) is 29.7. The SMILES string of the molecule is COC(=O)C1=C(C)N=c2s/c(=C\c3c(OCc4ccc(Cl)cc4)ccc4ccccc34)c(=O)n2[C@H]1c1cc(Cl)ccc1OC. The molecule has 0 bridgehead atoms. The number of esters is 1. The molecule has 5 aromatic rings. The zero-order chi connectivity index (χ0) is 31.0. The zero-order valence-corrected chi connectivity index (χ0v) is 26.3. The second kappa shape index (κ2) is 12.3. The molecule has 2 heterocycles. The standard InChI is InChI=1S/C34H26Cl2N2O5S/c1-19-30(33(40)42-3)31(26-16-23(36)13-15-27(26)41-2)38-32(39)29(44-34(38)37-19)17-25-24-7-5-4-6-21(24)10-14-28(25)43-18-20-8-11-22(35)12-9-20/h4-17,31H,18H2,1-3H3/b29-17-/t31-/m0/s1. The summed E-state index contributed by atoms with van der Waals surface area (Å²) in [5.74, 6) is 0.487. The number of thiazole rings is 1. The summed E-state index contributed by atoms with van der Waals surface area (Å²) in [5.41, 5.74) is 2.58. The minimum atomic E-state index is -0.873. The van der Waals surface area contributed by atoms with Crippen molar-refractivity contribution in [2.24, 2.45) is 4.99 Å². The fourth-order valence-corrected chi connectivity index (χ4v) is 6.66. The molecule has 0 aliphatic carbocycles. The number of allylic oxidation sites excluding steroid dienone is 1. The summed E-state index contributed by atoms with van der Waals surface area (Å²) in [7, 11) is 2.82. The van der Waals surface area contributed by atoms with Crippen LogP contribution >= 0.6 is 34.5 Å². The van der Waals surface area contributed by atoms with E-state index < -0.39 is 12.0 Å². The zero-order valence-electron chi connectivity index (χ0n) is 24.0. The topological polar surface area (TPSA) is 79.1 Å². The van der Waals surface area contributed by atoms with E-state index in [4.69, 9.17) is 37.4 Å². The average molecular weight is 646 g/mol. The van der Waals surface area contributed by atoms with Gasteiger partial charge in [0.05, 0.1) is 30.0 Å². The van der Waals surface area contributed by atoms with E-state index in [0.717, 1.165) is 21.9 Å². The Kier molecular flexibility index (Phi) is 8.31. The Hall–Kier alpha value is -4.37. The summed E-state index contributed by atoms with van der Waals surface area (Å²) in [4.78, 5) is 32.5. The molecule has 1 aliphatic heterocycles. The highest BCUT2D eigenvalue weighted by molar-refractivity contribution is 7.07. The smallest absolute Gasteiger partial charge is 0.338 e. The van der Waals surface area contributed by atoms with E-state index >= 15 is 0 Å². The minimum Gasteiger partial charge on any atom is -0.496 e. The molecule has 4 aromatic carbocycles. The van der Waals surface area contributed by atoms with E-state index in [0.29, 0.717) is 48.7 Å². The van der Waals surface area contributed by atoms with Crippen LogP contribution in [-0.2, 0) is 16.1 Å². The summed E-state index contributed by atoms with van der Waals surface area (Å²) in [5, 5.41) is 3.00. The normalized spacial score (nSPS) is 14.8. The van der Waals surface area contributed by atoms with Crippen molar-refractivity contribution in [3.63, 3.8) is 0 Å². The van der Waals surface area contributed by atoms with Crippen LogP contribution in [0.15, 0.2) is 99.9 Å². The third-order valence-electron chi connectivity index (χ3n) is 7.43. The van der Waals surface area contributed by atoms with Crippen molar-refractivity contribution in [1.29, 1.82) is 0 Å². The van der Waals surface area contributed by atoms with Gasteiger partial charge in [-0.15, -0.1) is 0 Å². The number of nitrogens with zero attached hydrogens (tertiary/aromatic N) is 2. The lowest BCUT2D eigenvalue weighted by Gasteiger charge is -2.25. The van der Waals surface area contributed by atoms with Gasteiger partial charge in [0.2, 0.25) is 0 Å². The molecular weight excluding hydrogens is 619 g/mol. The highest BCUT2D eigenvalue weighted by Crippen LogP contribution is 2.37. The maximum atomic E-state index is 14.3. The van der Waals surface area contributed by atoms with Gasteiger partial charge in [-0.05, 0) is 65.7 Å². The van der Waals surface area contributed by atoms with Crippen molar-refractivity contribution in [1.82, 2.24) is 4.57 Å². The Morgan fingerprint density at radius 1 is 0.977 bits per heavy atom. The number of aromatic nitrogens is 1. The van der Waals surface area contributed by atoms with Crippen molar-refractivity contribution in [3.8, 4) is 11.5 Å². The molecule has 10 heteroatoms. The Morgan fingerprint density at radius 3 is 2.45 bits per heavy atom. The van der Waals surface area contributed by atoms with Crippen molar-refractivity contribution in [2.75, 3.05) is 14.2 Å². The van der Waals surface area contributed by atoms with Crippen molar-refractivity contribution in [2.45, 2.75) is 19.6 Å². The van der Waals surface area contributed by atoms with Gasteiger partial charge in [-0.1, -0.05) is 77.0 Å². The second-order valence-electron chi connectivity index (χ2n) is 10.1. The molecule has 0 radical (unpaired) electrons. The average Bonchev–Trinajstić information content (AvgIpc) is 3.34. The third-order valence-corrected chi connectivity index (χ3v) is 8.90. The summed E-state index contributed by atoms with van der Waals surface area (Å²) in [6.45, 7) is 2.04. The Labute approximate surface area is 266 Å². The second-order valence-corrected chi connectivity index (χ2v) is 12.0. The van der Waals surface area contributed by atoms with E-state index in [1.54, 1.807) is 25.1 Å². The van der Waals surface area contributed by atoms with Crippen LogP contribution in [0.3, 0.4) is 0 Å². The first-order valence-electron chi connectivity index (χ1n) is 13.6. The first-order valence-corrected chi connectivity index (χ1v) is 15.2. The number of benzene rings is 4. The lowest BCUT2D eigenvalue weighted by molar-refractivity contribution is -0.136. The molecule has 222 valence electrons. The van der Waals surface area contributed by atoms with Crippen LogP contribution in [-0.4, -0.2) is 24.8 Å². The highest BCUT2D eigenvalue weighted by atomic mass is 35.5. The van der Waals surface area contributed by atoms with Crippen LogP contribution in [0.1, 0.15) is 29.7 Å². The molecule has 0 saturated carbocycles. The van der Waals surface area contributed by atoms with Crippen LogP contribution in [0.5, 0.6) is 11.5 Å². The summed E-state index contributed by atoms with van der Waals surface area (Å²) in [6, 6.07) is 23.5. The summed E-state index contributed by atoms with van der Waals surface area (Å²) >= 11 is 13.7. The van der Waals surface area contributed by atoms with E-state index in [1.807, 2.05) is 66.7 Å². The molecule has 0 fully saturated rings. The van der Waals surface area contributed by atoms with Crippen molar-refractivity contribution >= 4 is 57.4 Å². The van der Waals surface area contributed by atoms with E-state index in [9.17, 15) is 9.59 Å². The van der Waals surface area contributed by atoms with E-state index in [1.165, 1.54) is 30.1 Å². The first-order chi connectivity index (χ1) is 21.3. The largest absolute Gasteiger partial charge is 0.496 e. The van der Waals surface area contributed by atoms with Crippen molar-refractivity contribution in [3.05, 3.63) is 137 Å². The quantitative estimate of drug-likeness (QED) is 0.190. The van der Waals surface area contributed by atoms with E-state index in [-0.39, 0.29) is 11.1 Å². The van der Waals surface area contributed by atoms with Gasteiger partial charge in [-0.25, -0.2) is 9.79 Å². The molecule has 0 unspecified atom stereocenters. The maximum absolute atomic E-state index is 14.3. The van der Waals surface area contributed by atoms with Crippen LogP contribution in [0.4, 0.5) is 0 Å². The molecule has 0 amide bonds. The maximum Gasteiger partial charge on any atom is 0.338 e. The third kappa shape index (κ3) is 5.52. The number of hydrogen-bond acceptors (Lipinski definition) is 7. The number of carbonyl (C=O) groups is 1. The van der Waals surface area contributed by atoms with Crippen LogP contribution in [0, 0.1) is 0 Å².